The van der Waals surface area contributed by atoms with Crippen LogP contribution in [0.4, 0.5) is 0 Å². The zero-order chi connectivity index (χ0) is 39.3. The maximum absolute atomic E-state index is 12.4. The van der Waals surface area contributed by atoms with Crippen molar-refractivity contribution >= 4 is 5.91 Å². The van der Waals surface area contributed by atoms with Crippen LogP contribution in [-0.4, -0.2) is 34.9 Å². The van der Waals surface area contributed by atoms with E-state index in [9.17, 15) is 15.0 Å². The quantitative estimate of drug-likeness (QED) is 0.0428. The zero-order valence-electron chi connectivity index (χ0n) is 36.5. The van der Waals surface area contributed by atoms with Crippen LogP contribution in [0, 0.1) is 0 Å². The van der Waals surface area contributed by atoms with Gasteiger partial charge in [-0.1, -0.05) is 243 Å². The van der Waals surface area contributed by atoms with Crippen molar-refractivity contribution in [2.45, 2.75) is 270 Å². The molecule has 0 aromatic carbocycles. The molecule has 2 atom stereocenters. The molecule has 3 N–H and O–H groups in total. The Hall–Kier alpha value is -1.39. The molecule has 0 bridgehead atoms. The van der Waals surface area contributed by atoms with Crippen molar-refractivity contribution < 1.29 is 15.0 Å². The number of unbranched alkanes of at least 4 members (excludes halogenated alkanes) is 31. The summed E-state index contributed by atoms with van der Waals surface area (Å²) < 4.78 is 0. The van der Waals surface area contributed by atoms with Gasteiger partial charge in [-0.15, -0.1) is 0 Å². The average molecular weight is 758 g/mol. The van der Waals surface area contributed by atoms with Gasteiger partial charge >= 0.3 is 0 Å². The lowest BCUT2D eigenvalue weighted by molar-refractivity contribution is -0.123. The van der Waals surface area contributed by atoms with Crippen LogP contribution in [-0.2, 0) is 4.79 Å². The summed E-state index contributed by atoms with van der Waals surface area (Å²) in [6, 6.07) is -0.551. The lowest BCUT2D eigenvalue weighted by Gasteiger charge is -2.22. The predicted octanol–water partition coefficient (Wildman–Crippen LogP) is 15.4. The van der Waals surface area contributed by atoms with Gasteiger partial charge in [-0.2, -0.15) is 0 Å². The fourth-order valence-corrected chi connectivity index (χ4v) is 7.49. The molecule has 0 aromatic heterocycles. The van der Waals surface area contributed by atoms with Crippen molar-refractivity contribution in [2.75, 3.05) is 6.61 Å². The van der Waals surface area contributed by atoms with Crippen molar-refractivity contribution in [2.24, 2.45) is 0 Å². The second-order valence-corrected chi connectivity index (χ2v) is 16.5. The molecule has 2 unspecified atom stereocenters. The average Bonchev–Trinajstić information content (AvgIpc) is 3.18. The number of hydrogen-bond acceptors (Lipinski definition) is 3. The van der Waals surface area contributed by atoms with Crippen molar-refractivity contribution in [3.05, 3.63) is 36.5 Å². The first-order chi connectivity index (χ1) is 26.7. The molecule has 0 spiro atoms. The highest BCUT2D eigenvalue weighted by molar-refractivity contribution is 5.76. The number of carbonyl (C=O) groups excluding carboxylic acids is 1. The summed E-state index contributed by atoms with van der Waals surface area (Å²) in [5.41, 5.74) is 0. The van der Waals surface area contributed by atoms with Crippen LogP contribution in [0.2, 0.25) is 0 Å². The van der Waals surface area contributed by atoms with E-state index in [-0.39, 0.29) is 12.5 Å². The maximum Gasteiger partial charge on any atom is 0.220 e. The van der Waals surface area contributed by atoms with E-state index in [0.29, 0.717) is 12.8 Å². The molecule has 4 heteroatoms. The molecular weight excluding hydrogens is 663 g/mol. The number of amides is 1. The molecule has 318 valence electrons. The lowest BCUT2D eigenvalue weighted by Crippen LogP contribution is -2.45. The van der Waals surface area contributed by atoms with Gasteiger partial charge in [0, 0.05) is 6.42 Å². The molecule has 0 heterocycles. The van der Waals surface area contributed by atoms with Crippen molar-refractivity contribution in [3.8, 4) is 0 Å². The third-order valence-electron chi connectivity index (χ3n) is 11.2. The molecule has 0 saturated heterocycles. The summed E-state index contributed by atoms with van der Waals surface area (Å²) in [5.74, 6) is -0.0588. The van der Waals surface area contributed by atoms with Gasteiger partial charge < -0.3 is 15.5 Å². The van der Waals surface area contributed by atoms with Crippen LogP contribution in [0.1, 0.15) is 258 Å². The zero-order valence-corrected chi connectivity index (χ0v) is 36.5. The number of carbonyl (C=O) groups is 1. The highest BCUT2D eigenvalue weighted by atomic mass is 16.3. The van der Waals surface area contributed by atoms with Crippen LogP contribution >= 0.6 is 0 Å². The Labute approximate surface area is 338 Å². The molecule has 0 radical (unpaired) electrons. The molecule has 4 nitrogen and oxygen atoms in total. The Morgan fingerprint density at radius 1 is 0.463 bits per heavy atom. The molecule has 0 fully saturated rings. The first-order valence-electron chi connectivity index (χ1n) is 24.2. The molecule has 0 aliphatic rings. The fourth-order valence-electron chi connectivity index (χ4n) is 7.49. The summed E-state index contributed by atoms with van der Waals surface area (Å²) in [6.45, 7) is 4.24. The van der Waals surface area contributed by atoms with Gasteiger partial charge in [0.05, 0.1) is 18.8 Å². The van der Waals surface area contributed by atoms with Gasteiger partial charge in [-0.25, -0.2) is 0 Å². The molecule has 0 aromatic rings. The minimum atomic E-state index is -0.672. The molecule has 54 heavy (non-hydrogen) atoms. The predicted molar refractivity (Wildman–Crippen MR) is 239 cm³/mol. The first kappa shape index (κ1) is 52.6. The van der Waals surface area contributed by atoms with E-state index in [4.69, 9.17) is 0 Å². The molecule has 0 saturated carbocycles. The van der Waals surface area contributed by atoms with E-state index in [0.717, 1.165) is 57.8 Å². The smallest absolute Gasteiger partial charge is 0.220 e. The van der Waals surface area contributed by atoms with Crippen molar-refractivity contribution in [1.82, 2.24) is 5.32 Å². The van der Waals surface area contributed by atoms with Crippen LogP contribution in [0.15, 0.2) is 36.5 Å². The molecule has 0 rings (SSSR count). The van der Waals surface area contributed by atoms with E-state index in [1.165, 1.54) is 173 Å². The van der Waals surface area contributed by atoms with E-state index in [1.807, 2.05) is 0 Å². The molecule has 0 aliphatic heterocycles. The highest BCUT2D eigenvalue weighted by Crippen LogP contribution is 2.17. The van der Waals surface area contributed by atoms with Gasteiger partial charge in [0.1, 0.15) is 0 Å². The van der Waals surface area contributed by atoms with E-state index in [1.54, 1.807) is 0 Å². The minimum Gasteiger partial charge on any atom is -0.394 e. The summed E-state index contributed by atoms with van der Waals surface area (Å²) in [6.07, 6.45) is 61.2. The maximum atomic E-state index is 12.4. The van der Waals surface area contributed by atoms with Crippen molar-refractivity contribution in [1.29, 1.82) is 0 Å². The van der Waals surface area contributed by atoms with Gasteiger partial charge in [0.2, 0.25) is 5.91 Å². The Balaban J connectivity index is 3.43. The Kier molecular flexibility index (Phi) is 44.8. The van der Waals surface area contributed by atoms with Gasteiger partial charge in [-0.3, -0.25) is 4.79 Å². The second-order valence-electron chi connectivity index (χ2n) is 16.5. The molecular formula is C50H95NO3. The van der Waals surface area contributed by atoms with Crippen LogP contribution < -0.4 is 5.32 Å². The Bertz CT molecular complexity index is 821. The Morgan fingerprint density at radius 3 is 1.20 bits per heavy atom. The summed E-state index contributed by atoms with van der Waals surface area (Å²) in [7, 11) is 0. The monoisotopic (exact) mass is 758 g/mol. The fraction of sp³-hybridized carbons (Fsp3) is 0.860. The largest absolute Gasteiger partial charge is 0.394 e. The summed E-state index contributed by atoms with van der Waals surface area (Å²) >= 11 is 0. The number of aliphatic hydroxyl groups is 2. The first-order valence-corrected chi connectivity index (χ1v) is 24.2. The van der Waals surface area contributed by atoms with Gasteiger partial charge in [0.15, 0.2) is 0 Å². The highest BCUT2D eigenvalue weighted by Gasteiger charge is 2.20. The molecule has 1 amide bonds. The number of allylic oxidation sites excluding steroid dienone is 6. The van der Waals surface area contributed by atoms with Crippen LogP contribution in [0.3, 0.4) is 0 Å². The second kappa shape index (κ2) is 46.0. The summed E-state index contributed by atoms with van der Waals surface area (Å²) in [4.78, 5) is 12.4. The third kappa shape index (κ3) is 41.8. The summed E-state index contributed by atoms with van der Waals surface area (Å²) in [5, 5.41) is 23.2. The van der Waals surface area contributed by atoms with E-state index < -0.39 is 12.1 Å². The van der Waals surface area contributed by atoms with Crippen molar-refractivity contribution in [3.63, 3.8) is 0 Å². The van der Waals surface area contributed by atoms with E-state index >= 15 is 0 Å². The number of nitrogens with one attached hydrogen (secondary N) is 1. The third-order valence-corrected chi connectivity index (χ3v) is 11.2. The normalized spacial score (nSPS) is 13.2. The van der Waals surface area contributed by atoms with E-state index in [2.05, 4.69) is 55.6 Å². The van der Waals surface area contributed by atoms with Gasteiger partial charge in [-0.05, 0) is 44.9 Å². The topological polar surface area (TPSA) is 69.6 Å². The standard InChI is InChI=1S/C50H95NO3/c1-3-5-7-9-11-13-15-17-18-19-20-21-22-23-24-25-26-27-28-29-30-31-32-34-35-37-39-41-43-45-49(53)48(47-52)51-50(54)46-44-42-40-38-36-33-16-14-12-10-8-6-4-2/h6,8,12,14,33,36,48-49,52-53H,3-5,7,9-11,13,15-32,34-35,37-47H2,1-2H3,(H,51,54)/b8-6-,14-12-,36-33-. The SMILES string of the molecule is CC/C=C\C/C=C\C/C=C\CCCCCC(=O)NC(CO)C(O)CCCCCCCCCCCCCCCCCCCCCCCCCCCCCCC. The number of rotatable bonds is 44. The molecule has 0 aliphatic carbocycles. The number of hydrogen-bond donors (Lipinski definition) is 3. The minimum absolute atomic E-state index is 0.0588. The van der Waals surface area contributed by atoms with Gasteiger partial charge in [0.25, 0.3) is 0 Å². The lowest BCUT2D eigenvalue weighted by atomic mass is 10.0. The van der Waals surface area contributed by atoms with Crippen LogP contribution in [0.5, 0.6) is 0 Å². The Morgan fingerprint density at radius 2 is 0.815 bits per heavy atom. The number of aliphatic hydroxyl groups excluding tert-OH is 2. The van der Waals surface area contributed by atoms with Crippen LogP contribution in [0.25, 0.3) is 0 Å².